The molecule has 1 rings (SSSR count). The fourth-order valence-corrected chi connectivity index (χ4v) is 2.06. The largest absolute Gasteiger partial charge is 0.481 e. The average molecular weight is 277 g/mol. The molecular formula is C13H15N3O4. The highest BCUT2D eigenvalue weighted by Gasteiger charge is 2.20. The Morgan fingerprint density at radius 3 is 2.70 bits per heavy atom. The van der Waals surface area contributed by atoms with Crippen LogP contribution in [-0.4, -0.2) is 28.6 Å². The third kappa shape index (κ3) is 3.45. The second-order valence-electron chi connectivity index (χ2n) is 4.30. The Morgan fingerprint density at radius 1 is 1.60 bits per heavy atom. The van der Waals surface area contributed by atoms with Crippen molar-refractivity contribution >= 4 is 17.3 Å². The average Bonchev–Trinajstić information content (AvgIpc) is 2.38. The molecule has 0 aromatic heterocycles. The first kappa shape index (κ1) is 15.4. The first-order valence-corrected chi connectivity index (χ1v) is 6.07. The van der Waals surface area contributed by atoms with E-state index in [1.807, 2.05) is 6.92 Å². The lowest BCUT2D eigenvalue weighted by molar-refractivity contribution is -0.385. The minimum Gasteiger partial charge on any atom is -0.481 e. The predicted molar refractivity (Wildman–Crippen MR) is 72.5 cm³/mol. The van der Waals surface area contributed by atoms with E-state index in [-0.39, 0.29) is 23.7 Å². The van der Waals surface area contributed by atoms with Crippen LogP contribution >= 0.6 is 0 Å². The van der Waals surface area contributed by atoms with E-state index in [2.05, 4.69) is 0 Å². The van der Waals surface area contributed by atoms with Crippen LogP contribution in [0.2, 0.25) is 0 Å². The number of carboxylic acid groups (broad SMARTS) is 1. The molecule has 1 atom stereocenters. The topological polar surface area (TPSA) is 107 Å². The van der Waals surface area contributed by atoms with Crippen LogP contribution in [0.25, 0.3) is 0 Å². The first-order valence-electron chi connectivity index (χ1n) is 6.07. The van der Waals surface area contributed by atoms with E-state index in [0.29, 0.717) is 12.2 Å². The fraction of sp³-hybridized carbons (Fsp3) is 0.385. The van der Waals surface area contributed by atoms with Crippen LogP contribution < -0.4 is 4.90 Å². The highest BCUT2D eigenvalue weighted by molar-refractivity contribution is 5.69. The Bertz CT molecular complexity index is 565. The summed E-state index contributed by atoms with van der Waals surface area (Å²) in [5, 5.41) is 28.6. The molecule has 7 nitrogen and oxygen atoms in total. The standard InChI is InChI=1S/C13H15N3O4/c1-3-15(9(2)6-13(17)18)11-4-5-12(16(19)20)10(7-11)8-14/h4-5,7,9H,3,6H2,1-2H3,(H,17,18). The monoisotopic (exact) mass is 277 g/mol. The van der Waals surface area contributed by atoms with Crippen LogP contribution in [0.3, 0.4) is 0 Å². The minimum atomic E-state index is -0.918. The second kappa shape index (κ2) is 6.52. The van der Waals surface area contributed by atoms with E-state index in [1.54, 1.807) is 17.9 Å². The van der Waals surface area contributed by atoms with Gasteiger partial charge in [0, 0.05) is 24.3 Å². The van der Waals surface area contributed by atoms with Crippen molar-refractivity contribution in [1.82, 2.24) is 0 Å². The molecule has 1 aromatic carbocycles. The molecule has 0 saturated heterocycles. The molecule has 1 aromatic rings. The molecule has 1 unspecified atom stereocenters. The number of hydrogen-bond donors (Lipinski definition) is 1. The highest BCUT2D eigenvalue weighted by Crippen LogP contribution is 2.26. The van der Waals surface area contributed by atoms with Gasteiger partial charge in [0.2, 0.25) is 0 Å². The molecule has 0 bridgehead atoms. The smallest absolute Gasteiger partial charge is 0.305 e. The number of anilines is 1. The Morgan fingerprint density at radius 2 is 2.25 bits per heavy atom. The highest BCUT2D eigenvalue weighted by atomic mass is 16.6. The summed E-state index contributed by atoms with van der Waals surface area (Å²) in [6.45, 7) is 4.15. The summed E-state index contributed by atoms with van der Waals surface area (Å²) >= 11 is 0. The minimum absolute atomic E-state index is 0.0338. The molecule has 7 heteroatoms. The van der Waals surface area contributed by atoms with Crippen molar-refractivity contribution in [3.05, 3.63) is 33.9 Å². The Balaban J connectivity index is 3.14. The summed E-state index contributed by atoms with van der Waals surface area (Å²) in [6.07, 6.45) is -0.0489. The van der Waals surface area contributed by atoms with Gasteiger partial charge in [0.15, 0.2) is 0 Å². The molecule has 0 aliphatic rings. The van der Waals surface area contributed by atoms with E-state index in [0.717, 1.165) is 0 Å². The van der Waals surface area contributed by atoms with Gasteiger partial charge in [-0.3, -0.25) is 14.9 Å². The maximum atomic E-state index is 10.8. The van der Waals surface area contributed by atoms with Gasteiger partial charge in [0.05, 0.1) is 11.3 Å². The van der Waals surface area contributed by atoms with E-state index < -0.39 is 10.9 Å². The normalized spacial score (nSPS) is 11.4. The van der Waals surface area contributed by atoms with Crippen LogP contribution in [0.1, 0.15) is 25.8 Å². The van der Waals surface area contributed by atoms with Crippen LogP contribution in [0, 0.1) is 21.4 Å². The van der Waals surface area contributed by atoms with Crippen molar-refractivity contribution in [3.8, 4) is 6.07 Å². The zero-order valence-corrected chi connectivity index (χ0v) is 11.2. The van der Waals surface area contributed by atoms with Gasteiger partial charge in [0.25, 0.3) is 5.69 Å². The SMILES string of the molecule is CCN(c1ccc([N+](=O)[O-])c(C#N)c1)C(C)CC(=O)O. The summed E-state index contributed by atoms with van der Waals surface area (Å²) in [5.41, 5.74) is 0.315. The quantitative estimate of drug-likeness (QED) is 0.630. The number of carboxylic acids is 1. The number of nitro groups is 1. The Labute approximate surface area is 116 Å². The van der Waals surface area contributed by atoms with E-state index >= 15 is 0 Å². The van der Waals surface area contributed by atoms with Crippen LogP contribution in [-0.2, 0) is 4.79 Å². The predicted octanol–water partition coefficient (Wildman–Crippen LogP) is 2.16. The summed E-state index contributed by atoms with van der Waals surface area (Å²) in [6, 6.07) is 5.73. The molecule has 0 fully saturated rings. The number of rotatable bonds is 6. The number of aliphatic carboxylic acids is 1. The summed E-state index contributed by atoms with van der Waals surface area (Å²) in [7, 11) is 0. The summed E-state index contributed by atoms with van der Waals surface area (Å²) < 4.78 is 0. The molecule has 0 amide bonds. The lowest BCUT2D eigenvalue weighted by Gasteiger charge is -2.29. The maximum Gasteiger partial charge on any atom is 0.305 e. The molecule has 0 aliphatic heterocycles. The van der Waals surface area contributed by atoms with E-state index in [9.17, 15) is 14.9 Å². The van der Waals surface area contributed by atoms with Gasteiger partial charge in [-0.1, -0.05) is 0 Å². The van der Waals surface area contributed by atoms with Gasteiger partial charge in [-0.15, -0.1) is 0 Å². The molecule has 0 heterocycles. The molecule has 0 radical (unpaired) electrons. The zero-order chi connectivity index (χ0) is 15.3. The third-order valence-corrected chi connectivity index (χ3v) is 2.97. The van der Waals surface area contributed by atoms with Gasteiger partial charge in [-0.05, 0) is 26.0 Å². The molecule has 0 saturated carbocycles. The maximum absolute atomic E-state index is 10.8. The van der Waals surface area contributed by atoms with Gasteiger partial charge >= 0.3 is 5.97 Å². The Kier molecular flexibility index (Phi) is 5.03. The van der Waals surface area contributed by atoms with Crippen molar-refractivity contribution in [1.29, 1.82) is 5.26 Å². The number of nitrogens with zero attached hydrogens (tertiary/aromatic N) is 3. The molecule has 0 aliphatic carbocycles. The number of hydrogen-bond acceptors (Lipinski definition) is 5. The van der Waals surface area contributed by atoms with Gasteiger partial charge in [-0.2, -0.15) is 5.26 Å². The summed E-state index contributed by atoms with van der Waals surface area (Å²) in [5.74, 6) is -0.918. The molecule has 20 heavy (non-hydrogen) atoms. The number of nitro benzene ring substituents is 1. The Hall–Kier alpha value is -2.62. The van der Waals surface area contributed by atoms with E-state index in [1.165, 1.54) is 18.2 Å². The van der Waals surface area contributed by atoms with Crippen molar-refractivity contribution < 1.29 is 14.8 Å². The molecule has 0 spiro atoms. The number of carbonyl (C=O) groups is 1. The van der Waals surface area contributed by atoms with Crippen molar-refractivity contribution in [2.75, 3.05) is 11.4 Å². The number of nitriles is 1. The fourth-order valence-electron chi connectivity index (χ4n) is 2.06. The lowest BCUT2D eigenvalue weighted by atomic mass is 10.1. The molecular weight excluding hydrogens is 262 g/mol. The van der Waals surface area contributed by atoms with Gasteiger partial charge in [0.1, 0.15) is 11.6 Å². The third-order valence-electron chi connectivity index (χ3n) is 2.97. The van der Waals surface area contributed by atoms with Gasteiger partial charge in [-0.25, -0.2) is 0 Å². The van der Waals surface area contributed by atoms with Crippen molar-refractivity contribution in [3.63, 3.8) is 0 Å². The van der Waals surface area contributed by atoms with Crippen LogP contribution in [0.4, 0.5) is 11.4 Å². The zero-order valence-electron chi connectivity index (χ0n) is 11.2. The van der Waals surface area contributed by atoms with Crippen molar-refractivity contribution in [2.24, 2.45) is 0 Å². The summed E-state index contributed by atoms with van der Waals surface area (Å²) in [4.78, 5) is 22.7. The van der Waals surface area contributed by atoms with Crippen LogP contribution in [0.15, 0.2) is 18.2 Å². The lowest BCUT2D eigenvalue weighted by Crippen LogP contribution is -2.34. The van der Waals surface area contributed by atoms with Crippen LogP contribution in [0.5, 0.6) is 0 Å². The van der Waals surface area contributed by atoms with Crippen molar-refractivity contribution in [2.45, 2.75) is 26.3 Å². The molecule has 106 valence electrons. The second-order valence-corrected chi connectivity index (χ2v) is 4.30. The number of benzene rings is 1. The van der Waals surface area contributed by atoms with Gasteiger partial charge < -0.3 is 10.0 Å². The van der Waals surface area contributed by atoms with E-state index in [4.69, 9.17) is 10.4 Å². The molecule has 1 N–H and O–H groups in total. The first-order chi connectivity index (χ1) is 9.40.